The lowest BCUT2D eigenvalue weighted by Gasteiger charge is -2.19. The Hall–Kier alpha value is -2.12. The number of benzene rings is 2. The minimum Gasteiger partial charge on any atom is -0.490 e. The molecule has 2 aromatic carbocycles. The van der Waals surface area contributed by atoms with Crippen LogP contribution in [0, 0.1) is 0 Å². The summed E-state index contributed by atoms with van der Waals surface area (Å²) in [6, 6.07) is 16.0. The summed E-state index contributed by atoms with van der Waals surface area (Å²) in [5.41, 5.74) is 1.76. The van der Waals surface area contributed by atoms with Crippen molar-refractivity contribution in [1.29, 1.82) is 0 Å². The number of para-hydroxylation sites is 2. The molecule has 4 N–H and O–H groups in total. The van der Waals surface area contributed by atoms with Crippen molar-refractivity contribution in [2.24, 2.45) is 0 Å². The van der Waals surface area contributed by atoms with Crippen LogP contribution in [0.2, 0.25) is 0 Å². The van der Waals surface area contributed by atoms with E-state index in [9.17, 15) is 10.2 Å². The molecular formula is C24H36N2O4. The van der Waals surface area contributed by atoms with Crippen LogP contribution in [0.1, 0.15) is 27.7 Å². The first-order valence-electron chi connectivity index (χ1n) is 10.6. The highest BCUT2D eigenvalue weighted by Crippen LogP contribution is 2.36. The zero-order valence-corrected chi connectivity index (χ0v) is 18.5. The number of ether oxygens (including phenoxy) is 2. The summed E-state index contributed by atoms with van der Waals surface area (Å²) in [4.78, 5) is 0. The van der Waals surface area contributed by atoms with Gasteiger partial charge in [0.25, 0.3) is 0 Å². The molecule has 2 rings (SSSR count). The largest absolute Gasteiger partial charge is 0.490 e. The maximum atomic E-state index is 10.2. The van der Waals surface area contributed by atoms with Gasteiger partial charge in [-0.2, -0.15) is 0 Å². The number of rotatable bonds is 13. The molecule has 0 aliphatic rings. The van der Waals surface area contributed by atoms with Crippen LogP contribution in [-0.4, -0.2) is 60.8 Å². The quantitative estimate of drug-likeness (QED) is 0.402. The number of nitrogens with one attached hydrogen (secondary N) is 2. The zero-order chi connectivity index (χ0) is 21.9. The molecule has 0 amide bonds. The molecule has 0 heterocycles. The summed E-state index contributed by atoms with van der Waals surface area (Å²) < 4.78 is 11.9. The highest BCUT2D eigenvalue weighted by Gasteiger charge is 2.14. The number of hydrogen-bond donors (Lipinski definition) is 4. The summed E-state index contributed by atoms with van der Waals surface area (Å²) in [5, 5.41) is 26.7. The molecule has 2 atom stereocenters. The van der Waals surface area contributed by atoms with E-state index in [1.165, 1.54) is 0 Å². The standard InChI is InChI=1S/C24H36N2O4/c1-17(2)25-13-19(27)15-29-23-11-7-5-9-21(23)22-10-6-8-12-24(22)30-16-20(28)14-26-18(3)4/h5-12,17-20,25-28H,13-16H2,1-4H3/t19-,20+. The van der Waals surface area contributed by atoms with Crippen molar-refractivity contribution in [3.05, 3.63) is 48.5 Å². The summed E-state index contributed by atoms with van der Waals surface area (Å²) in [6.07, 6.45) is -1.20. The van der Waals surface area contributed by atoms with Crippen LogP contribution in [0.3, 0.4) is 0 Å². The van der Waals surface area contributed by atoms with Crippen LogP contribution in [0.4, 0.5) is 0 Å². The van der Waals surface area contributed by atoms with E-state index in [2.05, 4.69) is 10.6 Å². The van der Waals surface area contributed by atoms with Crippen LogP contribution >= 0.6 is 0 Å². The third-order valence-corrected chi connectivity index (χ3v) is 4.45. The average Bonchev–Trinajstić information content (AvgIpc) is 2.73. The fourth-order valence-corrected chi connectivity index (χ4v) is 2.86. The Morgan fingerprint density at radius 2 is 1.03 bits per heavy atom. The smallest absolute Gasteiger partial charge is 0.127 e. The lowest BCUT2D eigenvalue weighted by atomic mass is 10.0. The van der Waals surface area contributed by atoms with Crippen molar-refractivity contribution in [2.45, 2.75) is 52.0 Å². The van der Waals surface area contributed by atoms with E-state index in [1.54, 1.807) is 0 Å². The first-order valence-corrected chi connectivity index (χ1v) is 10.6. The Labute approximate surface area is 180 Å². The number of aliphatic hydroxyl groups is 2. The van der Waals surface area contributed by atoms with Gasteiger partial charge in [0.2, 0.25) is 0 Å². The summed E-state index contributed by atoms with van der Waals surface area (Å²) in [5.74, 6) is 1.36. The molecule has 0 aromatic heterocycles. The van der Waals surface area contributed by atoms with Gasteiger partial charge < -0.3 is 30.3 Å². The molecule has 0 fully saturated rings. The van der Waals surface area contributed by atoms with E-state index in [0.29, 0.717) is 36.7 Å². The SMILES string of the molecule is CC(C)NC[C@@H](O)COc1ccccc1-c1ccccc1OC[C@@H](O)CNC(C)C. The predicted molar refractivity (Wildman–Crippen MR) is 121 cm³/mol. The van der Waals surface area contributed by atoms with E-state index in [1.807, 2.05) is 76.2 Å². The van der Waals surface area contributed by atoms with E-state index in [-0.39, 0.29) is 13.2 Å². The molecule has 0 radical (unpaired) electrons. The molecule has 6 nitrogen and oxygen atoms in total. The van der Waals surface area contributed by atoms with Gasteiger partial charge in [0.15, 0.2) is 0 Å². The molecule has 0 aliphatic carbocycles. The second-order valence-electron chi connectivity index (χ2n) is 8.05. The Kier molecular flexibility index (Phi) is 10.1. The van der Waals surface area contributed by atoms with Crippen LogP contribution in [-0.2, 0) is 0 Å². The van der Waals surface area contributed by atoms with Gasteiger partial charge in [-0.1, -0.05) is 64.1 Å². The first-order chi connectivity index (χ1) is 14.4. The summed E-state index contributed by atoms with van der Waals surface area (Å²) in [6.45, 7) is 9.49. The molecule has 0 saturated heterocycles. The lowest BCUT2D eigenvalue weighted by Crippen LogP contribution is -2.35. The van der Waals surface area contributed by atoms with Crippen molar-refractivity contribution in [3.8, 4) is 22.6 Å². The second kappa shape index (κ2) is 12.5. The molecule has 0 unspecified atom stereocenters. The van der Waals surface area contributed by atoms with Crippen molar-refractivity contribution >= 4 is 0 Å². The summed E-state index contributed by atoms with van der Waals surface area (Å²) >= 11 is 0. The Balaban J connectivity index is 2.07. The summed E-state index contributed by atoms with van der Waals surface area (Å²) in [7, 11) is 0. The maximum absolute atomic E-state index is 10.2. The minimum atomic E-state index is -0.601. The minimum absolute atomic E-state index is 0.194. The molecular weight excluding hydrogens is 380 g/mol. The molecule has 166 valence electrons. The van der Waals surface area contributed by atoms with Crippen LogP contribution in [0.15, 0.2) is 48.5 Å². The van der Waals surface area contributed by atoms with Gasteiger partial charge in [-0.05, 0) is 12.1 Å². The van der Waals surface area contributed by atoms with Crippen LogP contribution in [0.25, 0.3) is 11.1 Å². The van der Waals surface area contributed by atoms with E-state index < -0.39 is 12.2 Å². The predicted octanol–water partition coefficient (Wildman–Crippen LogP) is 2.83. The molecule has 30 heavy (non-hydrogen) atoms. The third kappa shape index (κ3) is 8.32. The van der Waals surface area contributed by atoms with Gasteiger partial charge in [0, 0.05) is 36.3 Å². The molecule has 2 aromatic rings. The monoisotopic (exact) mass is 416 g/mol. The topological polar surface area (TPSA) is 83.0 Å². The van der Waals surface area contributed by atoms with Gasteiger partial charge >= 0.3 is 0 Å². The van der Waals surface area contributed by atoms with Gasteiger partial charge in [0.05, 0.1) is 0 Å². The van der Waals surface area contributed by atoms with Gasteiger partial charge in [-0.15, -0.1) is 0 Å². The fraction of sp³-hybridized carbons (Fsp3) is 0.500. The van der Waals surface area contributed by atoms with E-state index in [4.69, 9.17) is 9.47 Å². The first kappa shape index (κ1) is 24.2. The normalized spacial score (nSPS) is 13.5. The Morgan fingerprint density at radius 3 is 1.40 bits per heavy atom. The highest BCUT2D eigenvalue weighted by atomic mass is 16.5. The van der Waals surface area contributed by atoms with Crippen LogP contribution < -0.4 is 20.1 Å². The highest BCUT2D eigenvalue weighted by molar-refractivity contribution is 5.75. The number of aliphatic hydroxyl groups excluding tert-OH is 2. The lowest BCUT2D eigenvalue weighted by molar-refractivity contribution is 0.104. The maximum Gasteiger partial charge on any atom is 0.127 e. The van der Waals surface area contributed by atoms with E-state index >= 15 is 0 Å². The molecule has 0 bridgehead atoms. The number of hydrogen-bond acceptors (Lipinski definition) is 6. The zero-order valence-electron chi connectivity index (χ0n) is 18.5. The Morgan fingerprint density at radius 1 is 0.667 bits per heavy atom. The van der Waals surface area contributed by atoms with Gasteiger partial charge in [-0.3, -0.25) is 0 Å². The molecule has 0 aliphatic heterocycles. The average molecular weight is 417 g/mol. The fourth-order valence-electron chi connectivity index (χ4n) is 2.86. The Bertz CT molecular complexity index is 688. The molecule has 0 spiro atoms. The van der Waals surface area contributed by atoms with Crippen molar-refractivity contribution < 1.29 is 19.7 Å². The molecule has 0 saturated carbocycles. The van der Waals surface area contributed by atoms with Crippen molar-refractivity contribution in [3.63, 3.8) is 0 Å². The van der Waals surface area contributed by atoms with Crippen molar-refractivity contribution in [2.75, 3.05) is 26.3 Å². The van der Waals surface area contributed by atoms with E-state index in [0.717, 1.165) is 11.1 Å². The second-order valence-corrected chi connectivity index (χ2v) is 8.05. The van der Waals surface area contributed by atoms with Gasteiger partial charge in [0.1, 0.15) is 36.9 Å². The van der Waals surface area contributed by atoms with Crippen molar-refractivity contribution in [1.82, 2.24) is 10.6 Å². The van der Waals surface area contributed by atoms with Crippen LogP contribution in [0.5, 0.6) is 11.5 Å². The third-order valence-electron chi connectivity index (χ3n) is 4.45. The molecule has 6 heteroatoms. The van der Waals surface area contributed by atoms with Gasteiger partial charge in [-0.25, -0.2) is 0 Å².